The van der Waals surface area contributed by atoms with Crippen molar-refractivity contribution >= 4 is 11.8 Å². The SMILES string of the molecule is CN(CC(=O)O)c1ccc(-c2ccc[nH]2)nn1. The predicted octanol–water partition coefficient (Wildman–Crippen LogP) is 0.992. The summed E-state index contributed by atoms with van der Waals surface area (Å²) in [4.78, 5) is 15.1. The second kappa shape index (κ2) is 4.65. The number of nitrogens with zero attached hydrogens (tertiary/aromatic N) is 3. The van der Waals surface area contributed by atoms with Gasteiger partial charge in [-0.25, -0.2) is 0 Å². The normalized spacial score (nSPS) is 10.2. The van der Waals surface area contributed by atoms with Gasteiger partial charge in [-0.15, -0.1) is 10.2 Å². The van der Waals surface area contributed by atoms with Crippen LogP contribution < -0.4 is 4.90 Å². The Morgan fingerprint density at radius 1 is 1.41 bits per heavy atom. The molecule has 0 fully saturated rings. The molecule has 2 heterocycles. The van der Waals surface area contributed by atoms with Gasteiger partial charge in [0.2, 0.25) is 0 Å². The van der Waals surface area contributed by atoms with E-state index in [1.54, 1.807) is 19.2 Å². The van der Waals surface area contributed by atoms with Crippen molar-refractivity contribution in [3.05, 3.63) is 30.5 Å². The number of rotatable bonds is 4. The molecule has 2 aromatic heterocycles. The molecule has 6 heteroatoms. The van der Waals surface area contributed by atoms with Crippen LogP contribution >= 0.6 is 0 Å². The summed E-state index contributed by atoms with van der Waals surface area (Å²) in [5.41, 5.74) is 1.60. The van der Waals surface area contributed by atoms with Gasteiger partial charge >= 0.3 is 5.97 Å². The summed E-state index contributed by atoms with van der Waals surface area (Å²) in [5, 5.41) is 16.7. The molecule has 0 saturated carbocycles. The number of aromatic nitrogens is 3. The molecule has 0 amide bonds. The molecule has 17 heavy (non-hydrogen) atoms. The van der Waals surface area contributed by atoms with Crippen LogP contribution in [0.5, 0.6) is 0 Å². The lowest BCUT2D eigenvalue weighted by atomic mass is 10.3. The lowest BCUT2D eigenvalue weighted by Crippen LogP contribution is -2.26. The number of hydrogen-bond donors (Lipinski definition) is 2. The molecule has 0 aromatic carbocycles. The first-order chi connectivity index (χ1) is 8.16. The number of carboxylic acid groups (broad SMARTS) is 1. The highest BCUT2D eigenvalue weighted by molar-refractivity contribution is 5.73. The van der Waals surface area contributed by atoms with Gasteiger partial charge in [0.05, 0.1) is 5.69 Å². The van der Waals surface area contributed by atoms with E-state index in [4.69, 9.17) is 5.11 Å². The number of anilines is 1. The molecule has 88 valence electrons. The largest absolute Gasteiger partial charge is 0.480 e. The molecule has 0 aliphatic carbocycles. The Hall–Kier alpha value is -2.37. The summed E-state index contributed by atoms with van der Waals surface area (Å²) in [6, 6.07) is 7.31. The molecule has 0 bridgehead atoms. The fourth-order valence-electron chi connectivity index (χ4n) is 1.45. The van der Waals surface area contributed by atoms with Gasteiger partial charge < -0.3 is 15.0 Å². The Kier molecular flexibility index (Phi) is 3.04. The van der Waals surface area contributed by atoms with Gasteiger partial charge in [0.1, 0.15) is 12.2 Å². The minimum atomic E-state index is -0.900. The van der Waals surface area contributed by atoms with E-state index in [2.05, 4.69) is 15.2 Å². The summed E-state index contributed by atoms with van der Waals surface area (Å²) in [5.74, 6) is -0.370. The minimum absolute atomic E-state index is 0.101. The van der Waals surface area contributed by atoms with Crippen molar-refractivity contribution in [3.63, 3.8) is 0 Å². The number of carboxylic acids is 1. The van der Waals surface area contributed by atoms with Gasteiger partial charge in [-0.1, -0.05) is 0 Å². The van der Waals surface area contributed by atoms with Gasteiger partial charge in [-0.2, -0.15) is 0 Å². The number of H-pyrrole nitrogens is 1. The van der Waals surface area contributed by atoms with Gasteiger partial charge in [0.15, 0.2) is 5.82 Å². The molecule has 0 aliphatic heterocycles. The number of nitrogens with one attached hydrogen (secondary N) is 1. The Morgan fingerprint density at radius 2 is 2.24 bits per heavy atom. The van der Waals surface area contributed by atoms with Gasteiger partial charge in [-0.3, -0.25) is 4.79 Å². The Labute approximate surface area is 97.9 Å². The molecule has 0 saturated heterocycles. The summed E-state index contributed by atoms with van der Waals surface area (Å²) in [6.45, 7) is -0.101. The van der Waals surface area contributed by atoms with E-state index in [0.717, 1.165) is 11.4 Å². The number of carbonyl (C=O) groups is 1. The van der Waals surface area contributed by atoms with E-state index in [0.29, 0.717) is 5.82 Å². The van der Waals surface area contributed by atoms with E-state index in [9.17, 15) is 4.79 Å². The number of aliphatic carboxylic acids is 1. The maximum Gasteiger partial charge on any atom is 0.323 e. The summed E-state index contributed by atoms with van der Waals surface area (Å²) in [7, 11) is 1.66. The lowest BCUT2D eigenvalue weighted by molar-refractivity contribution is -0.135. The number of hydrogen-bond acceptors (Lipinski definition) is 4. The molecule has 0 aliphatic rings. The lowest BCUT2D eigenvalue weighted by Gasteiger charge is -2.14. The monoisotopic (exact) mass is 232 g/mol. The van der Waals surface area contributed by atoms with Crippen molar-refractivity contribution in [3.8, 4) is 11.4 Å². The van der Waals surface area contributed by atoms with E-state index in [1.165, 1.54) is 4.90 Å². The van der Waals surface area contributed by atoms with Gasteiger partial charge in [-0.05, 0) is 24.3 Å². The zero-order valence-corrected chi connectivity index (χ0v) is 9.29. The zero-order valence-electron chi connectivity index (χ0n) is 9.29. The molecule has 2 rings (SSSR count). The zero-order chi connectivity index (χ0) is 12.3. The minimum Gasteiger partial charge on any atom is -0.480 e. The number of aromatic amines is 1. The van der Waals surface area contributed by atoms with Crippen molar-refractivity contribution in [2.75, 3.05) is 18.5 Å². The quantitative estimate of drug-likeness (QED) is 0.821. The third kappa shape index (κ3) is 2.60. The van der Waals surface area contributed by atoms with Gasteiger partial charge in [0, 0.05) is 13.2 Å². The van der Waals surface area contributed by atoms with Crippen molar-refractivity contribution in [2.24, 2.45) is 0 Å². The summed E-state index contributed by atoms with van der Waals surface area (Å²) >= 11 is 0. The number of likely N-dealkylation sites (N-methyl/N-ethyl adjacent to an activating group) is 1. The summed E-state index contributed by atoms with van der Waals surface area (Å²) in [6.07, 6.45) is 1.81. The van der Waals surface area contributed by atoms with Crippen LogP contribution in [0.15, 0.2) is 30.5 Å². The Bertz CT molecular complexity index is 493. The molecule has 0 radical (unpaired) electrons. The fourth-order valence-corrected chi connectivity index (χ4v) is 1.45. The summed E-state index contributed by atoms with van der Waals surface area (Å²) < 4.78 is 0. The van der Waals surface area contributed by atoms with Crippen LogP contribution in [-0.2, 0) is 4.79 Å². The van der Waals surface area contributed by atoms with Crippen LogP contribution in [0.2, 0.25) is 0 Å². The average Bonchev–Trinajstić information content (AvgIpc) is 2.82. The highest BCUT2D eigenvalue weighted by Crippen LogP contribution is 2.15. The van der Waals surface area contributed by atoms with E-state index in [-0.39, 0.29) is 6.54 Å². The van der Waals surface area contributed by atoms with Crippen molar-refractivity contribution in [1.29, 1.82) is 0 Å². The van der Waals surface area contributed by atoms with E-state index < -0.39 is 5.97 Å². The van der Waals surface area contributed by atoms with Crippen LogP contribution in [0.1, 0.15) is 0 Å². The van der Waals surface area contributed by atoms with Crippen LogP contribution in [0.3, 0.4) is 0 Å². The first kappa shape index (κ1) is 11.1. The van der Waals surface area contributed by atoms with Crippen LogP contribution in [-0.4, -0.2) is 39.8 Å². The predicted molar refractivity (Wildman–Crippen MR) is 62.7 cm³/mol. The van der Waals surface area contributed by atoms with Crippen LogP contribution in [0, 0.1) is 0 Å². The first-order valence-electron chi connectivity index (χ1n) is 5.07. The molecule has 0 atom stereocenters. The molecule has 0 unspecified atom stereocenters. The third-order valence-corrected chi connectivity index (χ3v) is 2.29. The Balaban J connectivity index is 2.15. The average molecular weight is 232 g/mol. The molecule has 0 spiro atoms. The van der Waals surface area contributed by atoms with Crippen molar-refractivity contribution < 1.29 is 9.90 Å². The van der Waals surface area contributed by atoms with Crippen LogP contribution in [0.4, 0.5) is 5.82 Å². The highest BCUT2D eigenvalue weighted by Gasteiger charge is 2.08. The molecule has 6 nitrogen and oxygen atoms in total. The molecular formula is C11H12N4O2. The topological polar surface area (TPSA) is 82.1 Å². The standard InChI is InChI=1S/C11H12N4O2/c1-15(7-11(16)17)10-5-4-9(13-14-10)8-3-2-6-12-8/h2-6,12H,7H2,1H3,(H,16,17). The fraction of sp³-hybridized carbons (Fsp3) is 0.182. The van der Waals surface area contributed by atoms with Gasteiger partial charge in [0.25, 0.3) is 0 Å². The second-order valence-corrected chi connectivity index (χ2v) is 3.61. The van der Waals surface area contributed by atoms with E-state index in [1.807, 2.05) is 18.3 Å². The molecule has 2 N–H and O–H groups in total. The van der Waals surface area contributed by atoms with E-state index >= 15 is 0 Å². The smallest absolute Gasteiger partial charge is 0.323 e. The van der Waals surface area contributed by atoms with Crippen molar-refractivity contribution in [1.82, 2.24) is 15.2 Å². The van der Waals surface area contributed by atoms with Crippen LogP contribution in [0.25, 0.3) is 11.4 Å². The maximum atomic E-state index is 10.5. The van der Waals surface area contributed by atoms with Crippen molar-refractivity contribution in [2.45, 2.75) is 0 Å². The second-order valence-electron chi connectivity index (χ2n) is 3.61. The highest BCUT2D eigenvalue weighted by atomic mass is 16.4. The first-order valence-corrected chi connectivity index (χ1v) is 5.07. The Morgan fingerprint density at radius 3 is 2.76 bits per heavy atom. The molecular weight excluding hydrogens is 220 g/mol. The molecule has 2 aromatic rings. The maximum absolute atomic E-state index is 10.5. The third-order valence-electron chi connectivity index (χ3n) is 2.29.